The van der Waals surface area contributed by atoms with Gasteiger partial charge in [-0.3, -0.25) is 9.69 Å². The predicted octanol–water partition coefficient (Wildman–Crippen LogP) is 3.62. The quantitative estimate of drug-likeness (QED) is 0.811. The van der Waals surface area contributed by atoms with E-state index in [0.29, 0.717) is 23.7 Å². The van der Waals surface area contributed by atoms with E-state index in [1.54, 1.807) is 11.3 Å². The van der Waals surface area contributed by atoms with E-state index in [4.69, 9.17) is 4.74 Å². The van der Waals surface area contributed by atoms with Gasteiger partial charge in [0, 0.05) is 4.88 Å². The number of aryl methyl sites for hydroxylation is 1. The molecule has 1 aromatic rings. The fraction of sp³-hybridized carbons (Fsp3) is 0.684. The Labute approximate surface area is 153 Å². The molecule has 0 radical (unpaired) electrons. The first-order valence-electron chi connectivity index (χ1n) is 9.53. The van der Waals surface area contributed by atoms with Crippen LogP contribution in [0.15, 0.2) is 0 Å². The number of carbonyl (C=O) groups is 2. The lowest BCUT2D eigenvalue weighted by Crippen LogP contribution is -2.34. The van der Waals surface area contributed by atoms with Gasteiger partial charge in [-0.05, 0) is 64.1 Å². The summed E-state index contributed by atoms with van der Waals surface area (Å²) < 4.78 is 5.25. The first-order chi connectivity index (χ1) is 12.2. The number of esters is 1. The van der Waals surface area contributed by atoms with Crippen molar-refractivity contribution in [2.45, 2.75) is 58.3 Å². The highest BCUT2D eigenvalue weighted by atomic mass is 32.1. The van der Waals surface area contributed by atoms with Crippen LogP contribution in [0.5, 0.6) is 0 Å². The third kappa shape index (κ3) is 4.61. The SMILES string of the molecule is CCOC(=O)c1c(NC(=O)CN2CCCCCC2)sc2c1CCCC2. The monoisotopic (exact) mass is 364 g/mol. The maximum atomic E-state index is 12.5. The summed E-state index contributed by atoms with van der Waals surface area (Å²) in [6, 6.07) is 0. The van der Waals surface area contributed by atoms with Gasteiger partial charge in [-0.1, -0.05) is 12.8 Å². The molecule has 6 heteroatoms. The zero-order valence-electron chi connectivity index (χ0n) is 15.1. The van der Waals surface area contributed by atoms with E-state index in [-0.39, 0.29) is 11.9 Å². The number of nitrogens with zero attached hydrogens (tertiary/aromatic N) is 1. The van der Waals surface area contributed by atoms with Gasteiger partial charge in [-0.2, -0.15) is 0 Å². The van der Waals surface area contributed by atoms with Crippen molar-refractivity contribution in [2.75, 3.05) is 31.6 Å². The predicted molar refractivity (Wildman–Crippen MR) is 100 cm³/mol. The van der Waals surface area contributed by atoms with Gasteiger partial charge in [-0.15, -0.1) is 11.3 Å². The number of fused-ring (bicyclic) bond motifs is 1. The molecule has 3 rings (SSSR count). The smallest absolute Gasteiger partial charge is 0.341 e. The minimum absolute atomic E-state index is 0.0222. The van der Waals surface area contributed by atoms with Crippen LogP contribution in [-0.4, -0.2) is 43.0 Å². The molecule has 1 aliphatic heterocycles. The van der Waals surface area contributed by atoms with Gasteiger partial charge in [0.15, 0.2) is 0 Å². The lowest BCUT2D eigenvalue weighted by atomic mass is 9.95. The summed E-state index contributed by atoms with van der Waals surface area (Å²) >= 11 is 1.56. The average Bonchev–Trinajstić information content (AvgIpc) is 2.75. The van der Waals surface area contributed by atoms with Crippen molar-refractivity contribution in [3.8, 4) is 0 Å². The van der Waals surface area contributed by atoms with E-state index >= 15 is 0 Å². The summed E-state index contributed by atoms with van der Waals surface area (Å²) in [4.78, 5) is 28.4. The molecule has 1 aliphatic carbocycles. The molecule has 0 aromatic carbocycles. The number of carbonyl (C=O) groups excluding carboxylic acids is 2. The molecule has 0 bridgehead atoms. The highest BCUT2D eigenvalue weighted by molar-refractivity contribution is 7.17. The third-order valence-corrected chi connectivity index (χ3v) is 6.18. The van der Waals surface area contributed by atoms with E-state index in [2.05, 4.69) is 10.2 Å². The minimum Gasteiger partial charge on any atom is -0.462 e. The highest BCUT2D eigenvalue weighted by Crippen LogP contribution is 2.38. The van der Waals surface area contributed by atoms with E-state index < -0.39 is 0 Å². The van der Waals surface area contributed by atoms with Crippen LogP contribution in [0.4, 0.5) is 5.00 Å². The second kappa shape index (κ2) is 8.81. The standard InChI is InChI=1S/C19H28N2O3S/c1-2-24-19(23)17-14-9-5-6-10-15(14)25-18(17)20-16(22)13-21-11-7-3-4-8-12-21/h2-13H2,1H3,(H,20,22). The van der Waals surface area contributed by atoms with Crippen molar-refractivity contribution in [1.29, 1.82) is 0 Å². The van der Waals surface area contributed by atoms with Crippen LogP contribution in [0.2, 0.25) is 0 Å². The molecule has 0 saturated carbocycles. The van der Waals surface area contributed by atoms with E-state index in [1.807, 2.05) is 6.92 Å². The van der Waals surface area contributed by atoms with Crippen LogP contribution in [0, 0.1) is 0 Å². The molecule has 2 heterocycles. The molecule has 1 N–H and O–H groups in total. The topological polar surface area (TPSA) is 58.6 Å². The number of ether oxygens (including phenoxy) is 1. The number of likely N-dealkylation sites (tertiary alicyclic amines) is 1. The number of hydrogen-bond acceptors (Lipinski definition) is 5. The van der Waals surface area contributed by atoms with Crippen molar-refractivity contribution < 1.29 is 14.3 Å². The van der Waals surface area contributed by atoms with Gasteiger partial charge in [0.05, 0.1) is 18.7 Å². The van der Waals surface area contributed by atoms with Crippen molar-refractivity contribution in [3.05, 3.63) is 16.0 Å². The highest BCUT2D eigenvalue weighted by Gasteiger charge is 2.27. The van der Waals surface area contributed by atoms with Crippen molar-refractivity contribution >= 4 is 28.2 Å². The molecule has 1 saturated heterocycles. The maximum absolute atomic E-state index is 12.5. The van der Waals surface area contributed by atoms with Crippen LogP contribution in [0.25, 0.3) is 0 Å². The fourth-order valence-electron chi connectivity index (χ4n) is 3.74. The molecular formula is C19H28N2O3S. The van der Waals surface area contributed by atoms with Gasteiger partial charge in [0.1, 0.15) is 5.00 Å². The Morgan fingerprint density at radius 1 is 1.08 bits per heavy atom. The Kier molecular flexibility index (Phi) is 6.48. The van der Waals surface area contributed by atoms with Gasteiger partial charge >= 0.3 is 5.97 Å². The summed E-state index contributed by atoms with van der Waals surface area (Å²) in [6.45, 7) is 4.54. The summed E-state index contributed by atoms with van der Waals surface area (Å²) in [5.74, 6) is -0.321. The summed E-state index contributed by atoms with van der Waals surface area (Å²) in [5.41, 5.74) is 1.70. The van der Waals surface area contributed by atoms with Crippen molar-refractivity contribution in [3.63, 3.8) is 0 Å². The molecule has 2 aliphatic rings. The zero-order chi connectivity index (χ0) is 17.6. The molecule has 0 spiro atoms. The number of thiophene rings is 1. The van der Waals surface area contributed by atoms with Gasteiger partial charge in [0.25, 0.3) is 0 Å². The molecule has 1 fully saturated rings. The maximum Gasteiger partial charge on any atom is 0.341 e. The van der Waals surface area contributed by atoms with Crippen molar-refractivity contribution in [1.82, 2.24) is 4.90 Å². The van der Waals surface area contributed by atoms with Gasteiger partial charge in [-0.25, -0.2) is 4.79 Å². The van der Waals surface area contributed by atoms with Crippen LogP contribution in [-0.2, 0) is 22.4 Å². The summed E-state index contributed by atoms with van der Waals surface area (Å²) in [5, 5.41) is 3.70. The third-order valence-electron chi connectivity index (χ3n) is 4.97. The van der Waals surface area contributed by atoms with Crippen LogP contribution >= 0.6 is 11.3 Å². The molecular weight excluding hydrogens is 336 g/mol. The van der Waals surface area contributed by atoms with E-state index in [1.165, 1.54) is 17.7 Å². The minimum atomic E-state index is -0.299. The number of nitrogens with one attached hydrogen (secondary N) is 1. The molecule has 0 atom stereocenters. The Morgan fingerprint density at radius 2 is 1.80 bits per heavy atom. The molecule has 0 unspecified atom stereocenters. The Bertz CT molecular complexity index is 618. The first kappa shape index (κ1) is 18.4. The second-order valence-corrected chi connectivity index (χ2v) is 7.98. The second-order valence-electron chi connectivity index (χ2n) is 6.87. The number of amides is 1. The largest absolute Gasteiger partial charge is 0.462 e. The molecule has 25 heavy (non-hydrogen) atoms. The van der Waals surface area contributed by atoms with Crippen LogP contribution in [0.1, 0.15) is 66.2 Å². The molecule has 138 valence electrons. The first-order valence-corrected chi connectivity index (χ1v) is 10.3. The lowest BCUT2D eigenvalue weighted by molar-refractivity contribution is -0.117. The summed E-state index contributed by atoms with van der Waals surface area (Å²) in [6.07, 6.45) is 8.97. The Morgan fingerprint density at radius 3 is 2.52 bits per heavy atom. The van der Waals surface area contributed by atoms with Crippen LogP contribution in [0.3, 0.4) is 0 Å². The normalized spacial score (nSPS) is 18.3. The van der Waals surface area contributed by atoms with Crippen LogP contribution < -0.4 is 5.32 Å². The molecule has 1 amide bonds. The average molecular weight is 365 g/mol. The summed E-state index contributed by atoms with van der Waals surface area (Å²) in [7, 11) is 0. The number of anilines is 1. The Balaban J connectivity index is 1.73. The van der Waals surface area contributed by atoms with E-state index in [9.17, 15) is 9.59 Å². The van der Waals surface area contributed by atoms with Crippen molar-refractivity contribution in [2.24, 2.45) is 0 Å². The fourth-order valence-corrected chi connectivity index (χ4v) is 5.03. The van der Waals surface area contributed by atoms with Gasteiger partial charge in [0.2, 0.25) is 5.91 Å². The lowest BCUT2D eigenvalue weighted by Gasteiger charge is -2.19. The zero-order valence-corrected chi connectivity index (χ0v) is 15.9. The molecule has 1 aromatic heterocycles. The number of hydrogen-bond donors (Lipinski definition) is 1. The van der Waals surface area contributed by atoms with E-state index in [0.717, 1.165) is 57.2 Å². The van der Waals surface area contributed by atoms with Gasteiger partial charge < -0.3 is 10.1 Å². The molecule has 5 nitrogen and oxygen atoms in total. The number of rotatable bonds is 5. The Hall–Kier alpha value is -1.40.